The molecular weight excluding hydrogens is 350 g/mol. The topological polar surface area (TPSA) is 66.8 Å². The Morgan fingerprint density at radius 1 is 1.00 bits per heavy atom. The van der Waals surface area contributed by atoms with Crippen molar-refractivity contribution in [3.63, 3.8) is 0 Å². The number of hydrogen-bond donors (Lipinski definition) is 1. The number of imide groups is 1. The number of methoxy groups -OCH3 is 1. The van der Waals surface area contributed by atoms with Crippen molar-refractivity contribution in [2.75, 3.05) is 19.5 Å². The van der Waals surface area contributed by atoms with E-state index in [0.717, 1.165) is 5.56 Å². The van der Waals surface area contributed by atoms with Crippen LogP contribution in [0.5, 0.6) is 5.75 Å². The number of benzene rings is 2. The zero-order valence-corrected chi connectivity index (χ0v) is 15.2. The van der Waals surface area contributed by atoms with E-state index < -0.39 is 0 Å². The molecule has 5 nitrogen and oxygen atoms in total. The molecule has 0 saturated carbocycles. The third-order valence-electron chi connectivity index (χ3n) is 4.03. The normalized spacial score (nSPS) is 14.3. The Hall–Kier alpha value is -2.57. The number of hydrogen-bond acceptors (Lipinski definition) is 5. The smallest absolute Gasteiger partial charge is 0.268 e. The molecule has 1 aliphatic heterocycles. The van der Waals surface area contributed by atoms with Gasteiger partial charge in [-0.25, -0.2) is 0 Å². The van der Waals surface area contributed by atoms with Crippen LogP contribution >= 0.6 is 11.8 Å². The van der Waals surface area contributed by atoms with Gasteiger partial charge in [-0.2, -0.15) is 0 Å². The summed E-state index contributed by atoms with van der Waals surface area (Å²) in [5.41, 5.74) is 1.93. The molecule has 2 aromatic carbocycles. The second-order valence-corrected chi connectivity index (χ2v) is 6.79. The second-order valence-electron chi connectivity index (χ2n) is 5.69. The fraction of sp³-hybridized carbons (Fsp3) is 0.200. The molecule has 0 fully saturated rings. The van der Waals surface area contributed by atoms with Gasteiger partial charge in [-0.15, -0.1) is 11.8 Å². The lowest BCUT2D eigenvalue weighted by Gasteiger charge is -2.15. The molecule has 0 unspecified atom stereocenters. The summed E-state index contributed by atoms with van der Waals surface area (Å²) in [4.78, 5) is 27.5. The first kappa shape index (κ1) is 18.2. The molecule has 0 saturated heterocycles. The lowest BCUT2D eigenvalue weighted by Crippen LogP contribution is -2.30. The zero-order chi connectivity index (χ0) is 18.5. The summed E-state index contributed by atoms with van der Waals surface area (Å²) in [6, 6.07) is 16.5. The van der Waals surface area contributed by atoms with E-state index >= 15 is 0 Å². The zero-order valence-electron chi connectivity index (χ0n) is 14.3. The van der Waals surface area contributed by atoms with E-state index in [1.807, 2.05) is 30.3 Å². The average molecular weight is 369 g/mol. The van der Waals surface area contributed by atoms with Crippen molar-refractivity contribution >= 4 is 29.1 Å². The molecule has 0 aliphatic carbocycles. The number of aliphatic hydroxyl groups excluding tert-OH is 1. The number of aliphatic hydroxyl groups is 1. The van der Waals surface area contributed by atoms with E-state index in [4.69, 9.17) is 9.84 Å². The van der Waals surface area contributed by atoms with Crippen molar-refractivity contribution in [1.82, 2.24) is 4.90 Å². The standard InChI is InChI=1S/C20H19NO4S/c1-25-16-9-7-15(8-10-16)17-18(26-12-11-22)20(24)21(19(17)23)13-14-5-3-2-4-6-14/h2-10,22H,11-13H2,1H3. The maximum Gasteiger partial charge on any atom is 0.268 e. The third kappa shape index (κ3) is 3.66. The van der Waals surface area contributed by atoms with Gasteiger partial charge >= 0.3 is 0 Å². The molecule has 0 aromatic heterocycles. The maximum atomic E-state index is 13.0. The van der Waals surface area contributed by atoms with Gasteiger partial charge in [-0.1, -0.05) is 42.5 Å². The summed E-state index contributed by atoms with van der Waals surface area (Å²) in [7, 11) is 1.57. The van der Waals surface area contributed by atoms with E-state index in [2.05, 4.69) is 0 Å². The Balaban J connectivity index is 1.95. The highest BCUT2D eigenvalue weighted by Gasteiger charge is 2.38. The lowest BCUT2D eigenvalue weighted by atomic mass is 10.1. The molecule has 0 atom stereocenters. The van der Waals surface area contributed by atoms with Crippen LogP contribution in [0, 0.1) is 0 Å². The summed E-state index contributed by atoms with van der Waals surface area (Å²) < 4.78 is 5.16. The number of ether oxygens (including phenoxy) is 1. The quantitative estimate of drug-likeness (QED) is 0.760. The summed E-state index contributed by atoms with van der Waals surface area (Å²) in [6.45, 7) is 0.158. The third-order valence-corrected chi connectivity index (χ3v) is 5.08. The van der Waals surface area contributed by atoms with Crippen molar-refractivity contribution in [1.29, 1.82) is 0 Å². The molecule has 3 rings (SSSR count). The van der Waals surface area contributed by atoms with Crippen LogP contribution in [0.1, 0.15) is 11.1 Å². The summed E-state index contributed by atoms with van der Waals surface area (Å²) in [5.74, 6) is 0.400. The molecule has 0 radical (unpaired) electrons. The van der Waals surface area contributed by atoms with Crippen LogP contribution in [-0.2, 0) is 16.1 Å². The van der Waals surface area contributed by atoms with Crippen LogP contribution in [0.25, 0.3) is 5.57 Å². The summed E-state index contributed by atoms with van der Waals surface area (Å²) >= 11 is 1.21. The van der Waals surface area contributed by atoms with Gasteiger partial charge in [0, 0.05) is 5.75 Å². The number of carbonyl (C=O) groups is 2. The molecular formula is C20H19NO4S. The second kappa shape index (κ2) is 8.21. The van der Waals surface area contributed by atoms with Gasteiger partial charge in [-0.3, -0.25) is 14.5 Å². The Morgan fingerprint density at radius 2 is 1.69 bits per heavy atom. The molecule has 0 bridgehead atoms. The molecule has 0 spiro atoms. The Morgan fingerprint density at radius 3 is 2.31 bits per heavy atom. The van der Waals surface area contributed by atoms with Crippen molar-refractivity contribution in [2.45, 2.75) is 6.54 Å². The van der Waals surface area contributed by atoms with Gasteiger partial charge in [0.2, 0.25) is 0 Å². The Bertz CT molecular complexity index is 831. The van der Waals surface area contributed by atoms with Crippen LogP contribution in [0.15, 0.2) is 59.5 Å². The lowest BCUT2D eigenvalue weighted by molar-refractivity contribution is -0.137. The van der Waals surface area contributed by atoms with Gasteiger partial charge in [0.25, 0.3) is 11.8 Å². The van der Waals surface area contributed by atoms with Gasteiger partial charge in [0.15, 0.2) is 0 Å². The number of rotatable bonds is 7. The number of carbonyl (C=O) groups excluding carboxylic acids is 2. The van der Waals surface area contributed by atoms with Crippen molar-refractivity contribution in [3.05, 3.63) is 70.6 Å². The molecule has 2 aromatic rings. The van der Waals surface area contributed by atoms with Gasteiger partial charge in [0.05, 0.1) is 30.7 Å². The minimum absolute atomic E-state index is 0.0653. The van der Waals surface area contributed by atoms with Crippen LogP contribution in [0.3, 0.4) is 0 Å². The number of thioether (sulfide) groups is 1. The largest absolute Gasteiger partial charge is 0.497 e. The van der Waals surface area contributed by atoms with E-state index in [-0.39, 0.29) is 25.0 Å². The minimum Gasteiger partial charge on any atom is -0.497 e. The first-order chi connectivity index (χ1) is 12.7. The van der Waals surface area contributed by atoms with Crippen LogP contribution < -0.4 is 4.74 Å². The van der Waals surface area contributed by atoms with Crippen LogP contribution in [0.2, 0.25) is 0 Å². The fourth-order valence-corrected chi connectivity index (χ4v) is 3.64. The summed E-state index contributed by atoms with van der Waals surface area (Å²) in [5, 5.41) is 9.14. The summed E-state index contributed by atoms with van der Waals surface area (Å²) in [6.07, 6.45) is 0. The van der Waals surface area contributed by atoms with Gasteiger partial charge in [-0.05, 0) is 23.3 Å². The molecule has 1 aliphatic rings. The molecule has 1 N–H and O–H groups in total. The van der Waals surface area contributed by atoms with Crippen LogP contribution in [-0.4, -0.2) is 41.3 Å². The monoisotopic (exact) mass is 369 g/mol. The predicted octanol–water partition coefficient (Wildman–Crippen LogP) is 2.70. The average Bonchev–Trinajstić information content (AvgIpc) is 2.91. The van der Waals surface area contributed by atoms with Gasteiger partial charge < -0.3 is 9.84 Å². The van der Waals surface area contributed by atoms with E-state index in [1.165, 1.54) is 16.7 Å². The Labute approximate surface area is 156 Å². The Kier molecular flexibility index (Phi) is 5.75. The van der Waals surface area contributed by atoms with Crippen molar-refractivity contribution in [2.24, 2.45) is 0 Å². The molecule has 134 valence electrons. The number of nitrogens with zero attached hydrogens (tertiary/aromatic N) is 1. The fourth-order valence-electron chi connectivity index (χ4n) is 2.76. The number of amides is 2. The molecule has 1 heterocycles. The first-order valence-corrected chi connectivity index (χ1v) is 9.16. The maximum absolute atomic E-state index is 13.0. The van der Waals surface area contributed by atoms with Crippen molar-refractivity contribution in [3.8, 4) is 5.75 Å². The van der Waals surface area contributed by atoms with E-state index in [0.29, 0.717) is 27.5 Å². The SMILES string of the molecule is COc1ccc(C2=C(SCCO)C(=O)N(Cc3ccccc3)C2=O)cc1. The van der Waals surface area contributed by atoms with E-state index in [1.54, 1.807) is 31.4 Å². The molecule has 26 heavy (non-hydrogen) atoms. The minimum atomic E-state index is -0.317. The first-order valence-electron chi connectivity index (χ1n) is 8.18. The highest BCUT2D eigenvalue weighted by molar-refractivity contribution is 8.04. The highest BCUT2D eigenvalue weighted by atomic mass is 32.2. The molecule has 6 heteroatoms. The van der Waals surface area contributed by atoms with Crippen molar-refractivity contribution < 1.29 is 19.4 Å². The predicted molar refractivity (Wildman–Crippen MR) is 101 cm³/mol. The van der Waals surface area contributed by atoms with Gasteiger partial charge in [0.1, 0.15) is 5.75 Å². The van der Waals surface area contributed by atoms with E-state index in [9.17, 15) is 9.59 Å². The molecule has 2 amide bonds. The van der Waals surface area contributed by atoms with Crippen LogP contribution in [0.4, 0.5) is 0 Å². The highest BCUT2D eigenvalue weighted by Crippen LogP contribution is 2.37.